The molecule has 3 unspecified atom stereocenters. The maximum atomic E-state index is 13.5. The van der Waals surface area contributed by atoms with Gasteiger partial charge in [-0.05, 0) is 60.4 Å². The molecule has 0 radical (unpaired) electrons. The van der Waals surface area contributed by atoms with Crippen molar-refractivity contribution in [2.45, 2.75) is 44.7 Å². The van der Waals surface area contributed by atoms with Crippen LogP contribution in [0.25, 0.3) is 0 Å². The summed E-state index contributed by atoms with van der Waals surface area (Å²) in [5.41, 5.74) is 6.52. The predicted octanol–water partition coefficient (Wildman–Crippen LogP) is 1.57. The Morgan fingerprint density at radius 3 is 2.92 bits per heavy atom. The van der Waals surface area contributed by atoms with Crippen molar-refractivity contribution < 1.29 is 9.18 Å². The Hall–Kier alpha value is -2.06. The fourth-order valence-corrected chi connectivity index (χ4v) is 3.49. The summed E-state index contributed by atoms with van der Waals surface area (Å²) in [5.74, 6) is 0.348. The van der Waals surface area contributed by atoms with Gasteiger partial charge < -0.3 is 11.1 Å². The summed E-state index contributed by atoms with van der Waals surface area (Å²) in [6, 6.07) is 5.68. The Balaban J connectivity index is 0.00000243. The van der Waals surface area contributed by atoms with Crippen LogP contribution in [0, 0.1) is 18.7 Å². The lowest BCUT2D eigenvalue weighted by molar-refractivity contribution is -0.125. The number of nitrogens with two attached hydrogens (primary N) is 1. The van der Waals surface area contributed by atoms with Crippen molar-refractivity contribution >= 4 is 18.3 Å². The van der Waals surface area contributed by atoms with Crippen molar-refractivity contribution in [3.63, 3.8) is 0 Å². The maximum absolute atomic E-state index is 13.5. The second kappa shape index (κ2) is 9.05. The lowest BCUT2D eigenvalue weighted by Gasteiger charge is -2.24. The number of halogens is 2. The molecule has 2 aromatic rings. The molecule has 1 saturated carbocycles. The molecular formula is C17H24ClFN6O. The number of hydrogen-bond donors (Lipinski definition) is 2. The molecule has 0 aliphatic heterocycles. The van der Waals surface area contributed by atoms with Crippen molar-refractivity contribution in [3.05, 3.63) is 41.5 Å². The molecule has 0 spiro atoms. The van der Waals surface area contributed by atoms with Crippen LogP contribution in [0.3, 0.4) is 0 Å². The standard InChI is InChI=1S/C17H23FN6O.ClH/c1-11-21-22-23-24(11)16(9-12-4-2-6-14(18)8-12)17(25)20-15-7-3-5-13(15)10-19;/h2,4,6,8,13,15-16H,3,5,7,9-10,19H2,1H3,(H,20,25);1H. The minimum Gasteiger partial charge on any atom is -0.351 e. The van der Waals surface area contributed by atoms with E-state index in [0.29, 0.717) is 24.7 Å². The number of amides is 1. The summed E-state index contributed by atoms with van der Waals surface area (Å²) in [5, 5.41) is 14.6. The molecule has 1 aromatic carbocycles. The number of aromatic nitrogens is 4. The van der Waals surface area contributed by atoms with Crippen LogP contribution in [0.1, 0.15) is 36.7 Å². The Labute approximate surface area is 157 Å². The van der Waals surface area contributed by atoms with Crippen molar-refractivity contribution in [3.8, 4) is 0 Å². The molecule has 26 heavy (non-hydrogen) atoms. The highest BCUT2D eigenvalue weighted by atomic mass is 35.5. The number of benzene rings is 1. The number of tetrazole rings is 1. The van der Waals surface area contributed by atoms with Crippen LogP contribution in [-0.4, -0.2) is 38.7 Å². The van der Waals surface area contributed by atoms with Gasteiger partial charge in [-0.2, -0.15) is 0 Å². The van der Waals surface area contributed by atoms with Crippen molar-refractivity contribution in [2.24, 2.45) is 11.7 Å². The van der Waals surface area contributed by atoms with Crippen LogP contribution < -0.4 is 11.1 Å². The van der Waals surface area contributed by atoms with Gasteiger partial charge in [0.1, 0.15) is 17.7 Å². The Bertz CT molecular complexity index is 740. The van der Waals surface area contributed by atoms with Gasteiger partial charge in [-0.1, -0.05) is 18.6 Å². The molecule has 1 aliphatic rings. The third-order valence-corrected chi connectivity index (χ3v) is 4.86. The topological polar surface area (TPSA) is 98.7 Å². The van der Waals surface area contributed by atoms with Crippen LogP contribution >= 0.6 is 12.4 Å². The van der Waals surface area contributed by atoms with Crippen molar-refractivity contribution in [2.75, 3.05) is 6.54 Å². The average Bonchev–Trinajstić information content (AvgIpc) is 3.21. The quantitative estimate of drug-likeness (QED) is 0.790. The molecule has 3 N–H and O–H groups in total. The number of carbonyl (C=O) groups excluding carboxylic acids is 1. The van der Waals surface area contributed by atoms with Gasteiger partial charge in [0, 0.05) is 12.5 Å². The zero-order valence-corrected chi connectivity index (χ0v) is 15.5. The van der Waals surface area contributed by atoms with E-state index >= 15 is 0 Å². The zero-order chi connectivity index (χ0) is 17.8. The maximum Gasteiger partial charge on any atom is 0.245 e. The third kappa shape index (κ3) is 4.56. The molecular weight excluding hydrogens is 359 g/mol. The molecule has 3 rings (SSSR count). The largest absolute Gasteiger partial charge is 0.351 e. The van der Waals surface area contributed by atoms with E-state index in [1.807, 2.05) is 0 Å². The molecule has 1 amide bonds. The molecule has 1 aliphatic carbocycles. The van der Waals surface area contributed by atoms with Crippen molar-refractivity contribution in [1.82, 2.24) is 25.5 Å². The first-order valence-corrected chi connectivity index (χ1v) is 8.58. The molecule has 0 bridgehead atoms. The third-order valence-electron chi connectivity index (χ3n) is 4.86. The lowest BCUT2D eigenvalue weighted by atomic mass is 10.0. The minimum atomic E-state index is -0.629. The fraction of sp³-hybridized carbons (Fsp3) is 0.529. The van der Waals surface area contributed by atoms with E-state index in [9.17, 15) is 9.18 Å². The number of aryl methyl sites for hydroxylation is 1. The molecule has 9 heteroatoms. The summed E-state index contributed by atoms with van der Waals surface area (Å²) in [6.45, 7) is 2.30. The van der Waals surface area contributed by atoms with Crippen LogP contribution in [-0.2, 0) is 11.2 Å². The van der Waals surface area contributed by atoms with Gasteiger partial charge in [0.15, 0.2) is 0 Å². The Morgan fingerprint density at radius 2 is 2.27 bits per heavy atom. The van der Waals surface area contributed by atoms with Gasteiger partial charge in [-0.3, -0.25) is 4.79 Å². The highest BCUT2D eigenvalue weighted by Crippen LogP contribution is 2.25. The predicted molar refractivity (Wildman–Crippen MR) is 97.3 cm³/mol. The highest BCUT2D eigenvalue weighted by Gasteiger charge is 2.31. The van der Waals surface area contributed by atoms with E-state index in [1.165, 1.54) is 16.8 Å². The number of nitrogens with zero attached hydrogens (tertiary/aromatic N) is 4. The van der Waals surface area contributed by atoms with Crippen molar-refractivity contribution in [1.29, 1.82) is 0 Å². The fourth-order valence-electron chi connectivity index (χ4n) is 3.49. The molecule has 7 nitrogen and oxygen atoms in total. The highest BCUT2D eigenvalue weighted by molar-refractivity contribution is 5.85. The summed E-state index contributed by atoms with van der Waals surface area (Å²) >= 11 is 0. The summed E-state index contributed by atoms with van der Waals surface area (Å²) in [4.78, 5) is 12.9. The van der Waals surface area contributed by atoms with Crippen LogP contribution in [0.5, 0.6) is 0 Å². The van der Waals surface area contributed by atoms with Crippen LogP contribution in [0.4, 0.5) is 4.39 Å². The second-order valence-corrected chi connectivity index (χ2v) is 6.56. The van der Waals surface area contributed by atoms with Gasteiger partial charge in [-0.25, -0.2) is 9.07 Å². The second-order valence-electron chi connectivity index (χ2n) is 6.56. The SMILES string of the molecule is Cc1nnnn1C(Cc1cccc(F)c1)C(=O)NC1CCCC1CN.Cl. The summed E-state index contributed by atoms with van der Waals surface area (Å²) in [6.07, 6.45) is 3.33. The first kappa shape index (κ1) is 20.3. The van der Waals surface area contributed by atoms with Gasteiger partial charge >= 0.3 is 0 Å². The Kier molecular flexibility index (Phi) is 7.05. The number of carbonyl (C=O) groups is 1. The summed E-state index contributed by atoms with van der Waals surface area (Å²) < 4.78 is 15.0. The molecule has 1 heterocycles. The van der Waals surface area contributed by atoms with Gasteiger partial charge in [-0.15, -0.1) is 17.5 Å². The van der Waals surface area contributed by atoms with Gasteiger partial charge in [0.25, 0.3) is 0 Å². The Morgan fingerprint density at radius 1 is 1.46 bits per heavy atom. The molecule has 3 atom stereocenters. The molecule has 1 aromatic heterocycles. The normalized spacial score (nSPS) is 20.4. The molecule has 0 saturated heterocycles. The minimum absolute atomic E-state index is 0. The first-order chi connectivity index (χ1) is 12.1. The van der Waals surface area contributed by atoms with Crippen LogP contribution in [0.2, 0.25) is 0 Å². The van der Waals surface area contributed by atoms with E-state index in [1.54, 1.807) is 19.1 Å². The lowest BCUT2D eigenvalue weighted by Crippen LogP contribution is -2.44. The average molecular weight is 383 g/mol. The molecule has 142 valence electrons. The number of hydrogen-bond acceptors (Lipinski definition) is 5. The van der Waals surface area contributed by atoms with E-state index in [-0.39, 0.29) is 30.2 Å². The van der Waals surface area contributed by atoms with E-state index < -0.39 is 6.04 Å². The van der Waals surface area contributed by atoms with E-state index in [4.69, 9.17) is 5.73 Å². The summed E-state index contributed by atoms with van der Waals surface area (Å²) in [7, 11) is 0. The van der Waals surface area contributed by atoms with Gasteiger partial charge in [0.2, 0.25) is 5.91 Å². The zero-order valence-electron chi connectivity index (χ0n) is 14.6. The van der Waals surface area contributed by atoms with E-state index in [0.717, 1.165) is 24.8 Å². The van der Waals surface area contributed by atoms with Crippen LogP contribution in [0.15, 0.2) is 24.3 Å². The number of rotatable bonds is 6. The van der Waals surface area contributed by atoms with E-state index in [2.05, 4.69) is 20.8 Å². The first-order valence-electron chi connectivity index (χ1n) is 8.58. The number of nitrogens with one attached hydrogen (secondary N) is 1. The smallest absolute Gasteiger partial charge is 0.245 e. The van der Waals surface area contributed by atoms with Gasteiger partial charge in [0.05, 0.1) is 0 Å². The monoisotopic (exact) mass is 382 g/mol. The molecule has 1 fully saturated rings.